The highest BCUT2D eigenvalue weighted by Gasteiger charge is 2.31. The van der Waals surface area contributed by atoms with Crippen molar-refractivity contribution in [1.29, 1.82) is 0 Å². The molecule has 2 aromatic heterocycles. The average molecular weight is 358 g/mol. The lowest BCUT2D eigenvalue weighted by atomic mass is 10.0. The maximum absolute atomic E-state index is 11.5. The van der Waals surface area contributed by atoms with Gasteiger partial charge in [-0.15, -0.1) is 11.3 Å². The molecule has 0 radical (unpaired) electrons. The molecule has 24 heavy (non-hydrogen) atoms. The molecular formula is C18H18N2O2S2. The number of aryl methyl sites for hydroxylation is 2. The molecule has 0 aliphatic heterocycles. The van der Waals surface area contributed by atoms with Gasteiger partial charge in [0.25, 0.3) is 0 Å². The van der Waals surface area contributed by atoms with Crippen LogP contribution in [0.1, 0.15) is 24.3 Å². The van der Waals surface area contributed by atoms with Gasteiger partial charge in [0, 0.05) is 10.4 Å². The summed E-state index contributed by atoms with van der Waals surface area (Å²) in [6.45, 7) is 7.51. The Morgan fingerprint density at radius 2 is 1.83 bits per heavy atom. The molecule has 0 saturated heterocycles. The van der Waals surface area contributed by atoms with Crippen LogP contribution in [0.15, 0.2) is 35.6 Å². The van der Waals surface area contributed by atoms with Gasteiger partial charge in [0.15, 0.2) is 0 Å². The van der Waals surface area contributed by atoms with Crippen LogP contribution in [0.5, 0.6) is 0 Å². The van der Waals surface area contributed by atoms with Gasteiger partial charge in [-0.05, 0) is 33.3 Å². The zero-order valence-corrected chi connectivity index (χ0v) is 15.6. The Hall–Kier alpha value is -1.92. The van der Waals surface area contributed by atoms with E-state index in [2.05, 4.69) is 48.1 Å². The van der Waals surface area contributed by atoms with Crippen LogP contribution in [0.3, 0.4) is 0 Å². The van der Waals surface area contributed by atoms with Crippen LogP contribution in [0, 0.1) is 13.8 Å². The van der Waals surface area contributed by atoms with Gasteiger partial charge in [0.2, 0.25) is 0 Å². The molecule has 0 atom stereocenters. The van der Waals surface area contributed by atoms with Gasteiger partial charge in [-0.25, -0.2) is 9.97 Å². The van der Waals surface area contributed by atoms with Crippen LogP contribution in [0.2, 0.25) is 0 Å². The Morgan fingerprint density at radius 1 is 1.17 bits per heavy atom. The lowest BCUT2D eigenvalue weighted by Crippen LogP contribution is -2.27. The fourth-order valence-corrected chi connectivity index (χ4v) is 4.50. The molecule has 0 unspecified atom stereocenters. The second-order valence-electron chi connectivity index (χ2n) is 6.18. The van der Waals surface area contributed by atoms with Gasteiger partial charge in [0.1, 0.15) is 20.9 Å². The van der Waals surface area contributed by atoms with Crippen molar-refractivity contribution >= 4 is 39.3 Å². The van der Waals surface area contributed by atoms with Crippen LogP contribution < -0.4 is 0 Å². The maximum atomic E-state index is 11.5. The summed E-state index contributed by atoms with van der Waals surface area (Å²) in [5, 5.41) is 11.1. The van der Waals surface area contributed by atoms with Crippen LogP contribution >= 0.6 is 23.1 Å². The number of aliphatic carboxylic acids is 1. The predicted molar refractivity (Wildman–Crippen MR) is 99.9 cm³/mol. The lowest BCUT2D eigenvalue weighted by Gasteiger charge is -2.18. The van der Waals surface area contributed by atoms with E-state index >= 15 is 0 Å². The Bertz CT molecular complexity index is 915. The van der Waals surface area contributed by atoms with E-state index in [0.29, 0.717) is 5.03 Å². The summed E-state index contributed by atoms with van der Waals surface area (Å²) in [6.07, 6.45) is 1.51. The van der Waals surface area contributed by atoms with Crippen molar-refractivity contribution in [1.82, 2.24) is 9.97 Å². The van der Waals surface area contributed by atoms with Crippen molar-refractivity contribution in [2.75, 3.05) is 0 Å². The Morgan fingerprint density at radius 3 is 2.46 bits per heavy atom. The van der Waals surface area contributed by atoms with Crippen molar-refractivity contribution in [2.45, 2.75) is 37.5 Å². The SMILES string of the molecule is Cc1ccc(-c2c(C)sc3ncnc(SC(C)(C)C(=O)O)c23)cc1. The largest absolute Gasteiger partial charge is 0.480 e. The highest BCUT2D eigenvalue weighted by Crippen LogP contribution is 2.44. The predicted octanol–water partition coefficient (Wildman–Crippen LogP) is 4.93. The van der Waals surface area contributed by atoms with Gasteiger partial charge < -0.3 is 5.11 Å². The monoisotopic (exact) mass is 358 g/mol. The number of nitrogens with zero attached hydrogens (tertiary/aromatic N) is 2. The fourth-order valence-electron chi connectivity index (χ4n) is 2.45. The second-order valence-corrected chi connectivity index (χ2v) is 8.99. The summed E-state index contributed by atoms with van der Waals surface area (Å²) in [5.74, 6) is -0.858. The topological polar surface area (TPSA) is 63.1 Å². The van der Waals surface area contributed by atoms with Crippen molar-refractivity contribution in [2.24, 2.45) is 0 Å². The molecule has 0 spiro atoms. The first-order valence-corrected chi connectivity index (χ1v) is 9.16. The highest BCUT2D eigenvalue weighted by molar-refractivity contribution is 8.01. The zero-order valence-electron chi connectivity index (χ0n) is 14.0. The van der Waals surface area contributed by atoms with E-state index < -0.39 is 10.7 Å². The number of rotatable bonds is 4. The molecule has 0 aliphatic rings. The molecule has 3 rings (SSSR count). The van der Waals surface area contributed by atoms with Crippen LogP contribution in [-0.4, -0.2) is 25.8 Å². The van der Waals surface area contributed by atoms with E-state index in [1.54, 1.807) is 25.2 Å². The number of carboxylic acids is 1. The number of hydrogen-bond donors (Lipinski definition) is 1. The van der Waals surface area contributed by atoms with Crippen LogP contribution in [0.25, 0.3) is 21.3 Å². The van der Waals surface area contributed by atoms with Gasteiger partial charge in [0.05, 0.1) is 5.39 Å². The quantitative estimate of drug-likeness (QED) is 0.529. The van der Waals surface area contributed by atoms with E-state index in [9.17, 15) is 9.90 Å². The van der Waals surface area contributed by atoms with Gasteiger partial charge in [-0.2, -0.15) is 0 Å². The Balaban J connectivity index is 2.22. The second kappa shape index (κ2) is 6.18. The first-order chi connectivity index (χ1) is 11.3. The molecule has 6 heteroatoms. The average Bonchev–Trinajstić information content (AvgIpc) is 2.85. The molecule has 2 heterocycles. The van der Waals surface area contributed by atoms with Crippen molar-refractivity contribution < 1.29 is 9.90 Å². The van der Waals surface area contributed by atoms with E-state index in [1.807, 2.05) is 0 Å². The minimum atomic E-state index is -0.957. The normalized spacial score (nSPS) is 11.8. The summed E-state index contributed by atoms with van der Waals surface area (Å²) >= 11 is 2.88. The number of thioether (sulfide) groups is 1. The third-order valence-corrected chi connectivity index (χ3v) is 6.04. The molecule has 4 nitrogen and oxygen atoms in total. The van der Waals surface area contributed by atoms with E-state index in [-0.39, 0.29) is 0 Å². The molecule has 0 aliphatic carbocycles. The summed E-state index contributed by atoms with van der Waals surface area (Å²) < 4.78 is -0.957. The molecule has 1 N–H and O–H groups in total. The minimum Gasteiger partial charge on any atom is -0.480 e. The number of carboxylic acid groups (broad SMARTS) is 1. The maximum Gasteiger partial charge on any atom is 0.319 e. The molecule has 0 fully saturated rings. The molecule has 3 aromatic rings. The zero-order chi connectivity index (χ0) is 17.5. The number of thiophene rings is 1. The Labute approximate surface area is 149 Å². The number of benzene rings is 1. The summed E-state index contributed by atoms with van der Waals surface area (Å²) in [4.78, 5) is 22.3. The molecule has 0 amide bonds. The lowest BCUT2D eigenvalue weighted by molar-refractivity contribution is -0.138. The van der Waals surface area contributed by atoms with Crippen molar-refractivity contribution in [3.05, 3.63) is 41.0 Å². The molecular weight excluding hydrogens is 340 g/mol. The number of aromatic nitrogens is 2. The van der Waals surface area contributed by atoms with Crippen LogP contribution in [0.4, 0.5) is 0 Å². The van der Waals surface area contributed by atoms with Gasteiger partial charge in [-0.1, -0.05) is 41.6 Å². The van der Waals surface area contributed by atoms with Gasteiger partial charge >= 0.3 is 5.97 Å². The van der Waals surface area contributed by atoms with E-state index in [0.717, 1.165) is 26.2 Å². The molecule has 124 valence electrons. The molecule has 1 aromatic carbocycles. The summed E-state index contributed by atoms with van der Waals surface area (Å²) in [6, 6.07) is 8.34. The van der Waals surface area contributed by atoms with Gasteiger partial charge in [-0.3, -0.25) is 4.79 Å². The first-order valence-electron chi connectivity index (χ1n) is 7.53. The smallest absolute Gasteiger partial charge is 0.319 e. The number of fused-ring (bicyclic) bond motifs is 1. The number of carbonyl (C=O) groups is 1. The Kier molecular flexibility index (Phi) is 4.36. The third kappa shape index (κ3) is 3.03. The number of hydrogen-bond acceptors (Lipinski definition) is 5. The highest BCUT2D eigenvalue weighted by atomic mass is 32.2. The summed E-state index contributed by atoms with van der Waals surface area (Å²) in [5.41, 5.74) is 3.40. The third-order valence-electron chi connectivity index (χ3n) is 3.84. The van der Waals surface area contributed by atoms with E-state index in [4.69, 9.17) is 0 Å². The fraction of sp³-hybridized carbons (Fsp3) is 0.278. The minimum absolute atomic E-state index is 0.715. The standard InChI is InChI=1S/C18H18N2O2S2/c1-10-5-7-12(8-6-10)13-11(2)23-15-14(13)16(20-9-19-15)24-18(3,4)17(21)22/h5-9H,1-4H3,(H,21,22). The summed E-state index contributed by atoms with van der Waals surface area (Å²) in [7, 11) is 0. The first kappa shape index (κ1) is 16.9. The molecule has 0 bridgehead atoms. The van der Waals surface area contributed by atoms with Crippen molar-refractivity contribution in [3.8, 4) is 11.1 Å². The molecule has 0 saturated carbocycles. The van der Waals surface area contributed by atoms with Crippen molar-refractivity contribution in [3.63, 3.8) is 0 Å². The van der Waals surface area contributed by atoms with Crippen LogP contribution in [-0.2, 0) is 4.79 Å². The van der Waals surface area contributed by atoms with E-state index in [1.165, 1.54) is 23.7 Å².